The van der Waals surface area contributed by atoms with E-state index in [9.17, 15) is 0 Å². The van der Waals surface area contributed by atoms with Crippen LogP contribution in [0.5, 0.6) is 11.5 Å². The van der Waals surface area contributed by atoms with Crippen LogP contribution in [-0.4, -0.2) is 43.7 Å². The minimum absolute atomic E-state index is 0.0896. The van der Waals surface area contributed by atoms with Crippen LogP contribution in [0.2, 0.25) is 0 Å². The minimum Gasteiger partial charge on any atom is -0.494 e. The largest absolute Gasteiger partial charge is 0.494 e. The molecular weight excluding hydrogens is 368 g/mol. The van der Waals surface area contributed by atoms with E-state index in [0.29, 0.717) is 31.5 Å². The Balaban J connectivity index is 1.73. The second kappa shape index (κ2) is 10.8. The topological polar surface area (TPSA) is 85.2 Å². The maximum atomic E-state index is 6.22. The van der Waals surface area contributed by atoms with Gasteiger partial charge in [-0.3, -0.25) is 9.89 Å². The van der Waals surface area contributed by atoms with Gasteiger partial charge in [0.1, 0.15) is 17.3 Å². The van der Waals surface area contributed by atoms with Crippen molar-refractivity contribution in [2.24, 2.45) is 10.7 Å². The summed E-state index contributed by atoms with van der Waals surface area (Å²) in [5.41, 5.74) is 6.96. The molecule has 0 amide bonds. The Morgan fingerprint density at radius 1 is 1.17 bits per heavy atom. The number of benzene rings is 1. The van der Waals surface area contributed by atoms with Crippen molar-refractivity contribution < 1.29 is 13.9 Å². The lowest BCUT2D eigenvalue weighted by atomic mass is 10.1. The van der Waals surface area contributed by atoms with Crippen molar-refractivity contribution in [3.05, 3.63) is 42.4 Å². The molecule has 3 rings (SSSR count). The van der Waals surface area contributed by atoms with Crippen LogP contribution in [0.15, 0.2) is 46.0 Å². The van der Waals surface area contributed by atoms with Crippen LogP contribution in [0.25, 0.3) is 0 Å². The summed E-state index contributed by atoms with van der Waals surface area (Å²) in [5, 5.41) is 3.17. The Hall–Kier alpha value is -2.67. The average Bonchev–Trinajstić information content (AvgIpc) is 3.26. The van der Waals surface area contributed by atoms with E-state index in [2.05, 4.69) is 15.2 Å². The second-order valence-corrected chi connectivity index (χ2v) is 7.00. The first-order chi connectivity index (χ1) is 14.2. The SMILES string of the molecule is CCOc1ccc(OCC)c(NC(N)=NCC(c2ccco2)N2CCCCC2)c1. The summed E-state index contributed by atoms with van der Waals surface area (Å²) in [5.74, 6) is 2.74. The van der Waals surface area contributed by atoms with E-state index in [1.807, 2.05) is 44.2 Å². The van der Waals surface area contributed by atoms with Gasteiger partial charge in [0, 0.05) is 6.07 Å². The van der Waals surface area contributed by atoms with E-state index in [1.54, 1.807) is 6.26 Å². The summed E-state index contributed by atoms with van der Waals surface area (Å²) < 4.78 is 17.0. The Kier molecular flexibility index (Phi) is 7.81. The van der Waals surface area contributed by atoms with E-state index in [4.69, 9.17) is 19.6 Å². The molecular formula is C22H32N4O3. The molecule has 2 aromatic rings. The standard InChI is InChI=1S/C22H32N4O3/c1-3-27-17-10-11-20(28-4-2)18(15-17)25-22(23)24-16-19(21-9-8-14-29-21)26-12-6-5-7-13-26/h8-11,14-15,19H,3-7,12-13,16H2,1-2H3,(H3,23,24,25). The molecule has 158 valence electrons. The second-order valence-electron chi connectivity index (χ2n) is 7.00. The Morgan fingerprint density at radius 2 is 1.97 bits per heavy atom. The van der Waals surface area contributed by atoms with Crippen LogP contribution < -0.4 is 20.5 Å². The van der Waals surface area contributed by atoms with Crippen LogP contribution in [0, 0.1) is 0 Å². The fourth-order valence-corrected chi connectivity index (χ4v) is 3.60. The van der Waals surface area contributed by atoms with Gasteiger partial charge in [-0.2, -0.15) is 0 Å². The highest BCUT2D eigenvalue weighted by Crippen LogP contribution is 2.30. The van der Waals surface area contributed by atoms with Gasteiger partial charge in [-0.05, 0) is 64.0 Å². The lowest BCUT2D eigenvalue weighted by Crippen LogP contribution is -2.36. The molecule has 1 unspecified atom stereocenters. The smallest absolute Gasteiger partial charge is 0.193 e. The normalized spacial score (nSPS) is 16.4. The number of anilines is 1. The average molecular weight is 401 g/mol. The van der Waals surface area contributed by atoms with Gasteiger partial charge in [0.05, 0.1) is 37.8 Å². The minimum atomic E-state index is 0.0896. The fraction of sp³-hybridized carbons (Fsp3) is 0.500. The van der Waals surface area contributed by atoms with Crippen molar-refractivity contribution in [2.75, 3.05) is 38.2 Å². The van der Waals surface area contributed by atoms with Crippen LogP contribution in [0.4, 0.5) is 5.69 Å². The molecule has 3 N–H and O–H groups in total. The molecule has 1 aliphatic rings. The summed E-state index contributed by atoms with van der Waals surface area (Å²) in [6.45, 7) is 7.70. The number of hydrogen-bond acceptors (Lipinski definition) is 5. The van der Waals surface area contributed by atoms with Gasteiger partial charge >= 0.3 is 0 Å². The van der Waals surface area contributed by atoms with E-state index < -0.39 is 0 Å². The maximum Gasteiger partial charge on any atom is 0.193 e. The zero-order valence-electron chi connectivity index (χ0n) is 17.4. The number of ether oxygens (including phenoxy) is 2. The molecule has 7 heteroatoms. The lowest BCUT2D eigenvalue weighted by Gasteiger charge is -2.32. The number of guanidine groups is 1. The van der Waals surface area contributed by atoms with Crippen molar-refractivity contribution >= 4 is 11.6 Å². The number of nitrogens with one attached hydrogen (secondary N) is 1. The van der Waals surface area contributed by atoms with E-state index in [-0.39, 0.29) is 6.04 Å². The molecule has 7 nitrogen and oxygen atoms in total. The number of likely N-dealkylation sites (tertiary alicyclic amines) is 1. The molecule has 0 aliphatic carbocycles. The predicted octanol–water partition coefficient (Wildman–Crippen LogP) is 4.03. The number of nitrogens with two attached hydrogens (primary N) is 1. The van der Waals surface area contributed by atoms with Crippen molar-refractivity contribution in [3.8, 4) is 11.5 Å². The summed E-state index contributed by atoms with van der Waals surface area (Å²) in [7, 11) is 0. The predicted molar refractivity (Wildman–Crippen MR) is 116 cm³/mol. The van der Waals surface area contributed by atoms with Gasteiger partial charge in [0.25, 0.3) is 0 Å². The van der Waals surface area contributed by atoms with Gasteiger partial charge in [-0.15, -0.1) is 0 Å². The number of hydrogen-bond donors (Lipinski definition) is 2. The summed E-state index contributed by atoms with van der Waals surface area (Å²) in [6, 6.07) is 9.67. The first-order valence-electron chi connectivity index (χ1n) is 10.4. The van der Waals surface area contributed by atoms with Crippen LogP contribution >= 0.6 is 0 Å². The van der Waals surface area contributed by atoms with Crippen molar-refractivity contribution in [1.29, 1.82) is 0 Å². The third kappa shape index (κ3) is 5.90. The van der Waals surface area contributed by atoms with E-state index in [0.717, 1.165) is 30.3 Å². The van der Waals surface area contributed by atoms with Crippen LogP contribution in [0.1, 0.15) is 44.9 Å². The fourth-order valence-electron chi connectivity index (χ4n) is 3.60. The van der Waals surface area contributed by atoms with Crippen LogP contribution in [-0.2, 0) is 0 Å². The van der Waals surface area contributed by atoms with Gasteiger partial charge in [-0.1, -0.05) is 6.42 Å². The number of aliphatic imine (C=N–C) groups is 1. The highest BCUT2D eigenvalue weighted by atomic mass is 16.5. The lowest BCUT2D eigenvalue weighted by molar-refractivity contribution is 0.150. The van der Waals surface area contributed by atoms with Crippen molar-refractivity contribution in [3.63, 3.8) is 0 Å². The number of furan rings is 1. The van der Waals surface area contributed by atoms with Gasteiger partial charge in [0.2, 0.25) is 0 Å². The molecule has 1 aliphatic heterocycles. The summed E-state index contributed by atoms with van der Waals surface area (Å²) >= 11 is 0. The highest BCUT2D eigenvalue weighted by molar-refractivity contribution is 5.94. The first-order valence-corrected chi connectivity index (χ1v) is 10.4. The quantitative estimate of drug-likeness (QED) is 0.488. The zero-order valence-corrected chi connectivity index (χ0v) is 17.4. The van der Waals surface area contributed by atoms with Gasteiger partial charge in [-0.25, -0.2) is 0 Å². The third-order valence-electron chi connectivity index (χ3n) is 4.96. The molecule has 2 heterocycles. The van der Waals surface area contributed by atoms with E-state index >= 15 is 0 Å². The first kappa shape index (κ1) is 21.0. The molecule has 0 radical (unpaired) electrons. The number of rotatable bonds is 9. The third-order valence-corrected chi connectivity index (χ3v) is 4.96. The van der Waals surface area contributed by atoms with E-state index in [1.165, 1.54) is 19.3 Å². The highest BCUT2D eigenvalue weighted by Gasteiger charge is 2.24. The zero-order chi connectivity index (χ0) is 20.5. The molecule has 0 bridgehead atoms. The summed E-state index contributed by atoms with van der Waals surface area (Å²) in [6.07, 6.45) is 5.41. The molecule has 1 fully saturated rings. The number of piperidine rings is 1. The Labute approximate surface area is 172 Å². The monoisotopic (exact) mass is 400 g/mol. The molecule has 1 saturated heterocycles. The molecule has 0 spiro atoms. The molecule has 29 heavy (non-hydrogen) atoms. The van der Waals surface area contributed by atoms with Gasteiger partial charge < -0.3 is 24.9 Å². The summed E-state index contributed by atoms with van der Waals surface area (Å²) in [4.78, 5) is 7.04. The van der Waals surface area contributed by atoms with Crippen LogP contribution in [0.3, 0.4) is 0 Å². The molecule has 1 atom stereocenters. The Morgan fingerprint density at radius 3 is 2.66 bits per heavy atom. The van der Waals surface area contributed by atoms with Crippen molar-refractivity contribution in [2.45, 2.75) is 39.2 Å². The molecule has 0 saturated carbocycles. The Bertz CT molecular complexity index is 770. The molecule has 1 aromatic carbocycles. The van der Waals surface area contributed by atoms with Gasteiger partial charge in [0.15, 0.2) is 5.96 Å². The molecule has 1 aromatic heterocycles. The maximum absolute atomic E-state index is 6.22. The number of nitrogens with zero attached hydrogens (tertiary/aromatic N) is 2. The van der Waals surface area contributed by atoms with Crippen molar-refractivity contribution in [1.82, 2.24) is 4.90 Å².